The second kappa shape index (κ2) is 7.53. The summed E-state index contributed by atoms with van der Waals surface area (Å²) in [6, 6.07) is 25.1. The van der Waals surface area contributed by atoms with E-state index in [1.165, 1.54) is 0 Å². The molecule has 0 fully saturated rings. The number of methoxy groups -OCH3 is 1. The fourth-order valence-corrected chi connectivity index (χ4v) is 3.19. The average Bonchev–Trinajstić information content (AvgIpc) is 2.73. The number of amides is 1. The highest BCUT2D eigenvalue weighted by molar-refractivity contribution is 6.05. The molecule has 3 aromatic carbocycles. The first kappa shape index (κ1) is 17.7. The van der Waals surface area contributed by atoms with Crippen molar-refractivity contribution in [2.75, 3.05) is 12.4 Å². The number of rotatable bonds is 4. The van der Waals surface area contributed by atoms with Gasteiger partial charge in [0.15, 0.2) is 0 Å². The number of nitrogens with one attached hydrogen (secondary N) is 1. The minimum Gasteiger partial charge on any atom is -0.496 e. The van der Waals surface area contributed by atoms with E-state index in [2.05, 4.69) is 5.32 Å². The first-order valence-corrected chi connectivity index (χ1v) is 9.06. The lowest BCUT2D eigenvalue weighted by atomic mass is 10.1. The molecule has 4 rings (SSSR count). The van der Waals surface area contributed by atoms with Crippen LogP contribution in [-0.4, -0.2) is 18.0 Å². The summed E-state index contributed by atoms with van der Waals surface area (Å²) in [5.41, 5.74) is 5.06. The van der Waals surface area contributed by atoms with Crippen LogP contribution >= 0.6 is 0 Å². The Morgan fingerprint density at radius 2 is 1.75 bits per heavy atom. The van der Waals surface area contributed by atoms with Gasteiger partial charge in [0.05, 0.1) is 18.3 Å². The van der Waals surface area contributed by atoms with E-state index in [1.54, 1.807) is 13.2 Å². The number of pyridine rings is 1. The lowest BCUT2D eigenvalue weighted by Gasteiger charge is -2.11. The van der Waals surface area contributed by atoms with E-state index in [-0.39, 0.29) is 5.91 Å². The lowest BCUT2D eigenvalue weighted by molar-refractivity contribution is 0.102. The number of aryl methyl sites for hydroxylation is 1. The van der Waals surface area contributed by atoms with E-state index in [4.69, 9.17) is 9.72 Å². The van der Waals surface area contributed by atoms with Gasteiger partial charge in [-0.2, -0.15) is 0 Å². The predicted molar refractivity (Wildman–Crippen MR) is 113 cm³/mol. The highest BCUT2D eigenvalue weighted by Gasteiger charge is 2.11. The number of nitrogens with zero attached hydrogens (tertiary/aromatic N) is 1. The Morgan fingerprint density at radius 1 is 0.929 bits per heavy atom. The van der Waals surface area contributed by atoms with E-state index < -0.39 is 0 Å². The number of ether oxygens (including phenoxy) is 1. The zero-order chi connectivity index (χ0) is 19.5. The van der Waals surface area contributed by atoms with Crippen molar-refractivity contribution in [3.63, 3.8) is 0 Å². The van der Waals surface area contributed by atoms with E-state index in [0.29, 0.717) is 11.3 Å². The minimum absolute atomic E-state index is 0.143. The van der Waals surface area contributed by atoms with Crippen LogP contribution in [0.1, 0.15) is 15.9 Å². The van der Waals surface area contributed by atoms with E-state index in [1.807, 2.05) is 79.7 Å². The summed E-state index contributed by atoms with van der Waals surface area (Å²) in [6.45, 7) is 1.97. The molecule has 0 spiro atoms. The second-order valence-electron chi connectivity index (χ2n) is 6.63. The van der Waals surface area contributed by atoms with Gasteiger partial charge in [0, 0.05) is 28.3 Å². The molecule has 28 heavy (non-hydrogen) atoms. The van der Waals surface area contributed by atoms with Crippen LogP contribution in [0.25, 0.3) is 22.2 Å². The van der Waals surface area contributed by atoms with Gasteiger partial charge in [-0.05, 0) is 37.3 Å². The molecule has 0 unspecified atom stereocenters. The molecule has 0 aliphatic heterocycles. The summed E-state index contributed by atoms with van der Waals surface area (Å²) in [5.74, 6) is 0.575. The number of fused-ring (bicyclic) bond motifs is 1. The molecule has 138 valence electrons. The fourth-order valence-electron chi connectivity index (χ4n) is 3.19. The maximum Gasteiger partial charge on any atom is 0.255 e. The molecule has 4 nitrogen and oxygen atoms in total. The fraction of sp³-hybridized carbons (Fsp3) is 0.0833. The molecule has 0 aliphatic rings. The van der Waals surface area contributed by atoms with Crippen LogP contribution in [0.4, 0.5) is 5.69 Å². The normalized spacial score (nSPS) is 10.6. The standard InChI is InChI=1S/C24H20N2O2/c1-16-7-6-10-18(13-16)24(27)25-19-11-12-21-20(14-19)23(28-2)15-22(26-21)17-8-4-3-5-9-17/h3-15H,1-2H3,(H,25,27). The zero-order valence-electron chi connectivity index (χ0n) is 15.8. The molecule has 0 saturated carbocycles. The summed E-state index contributed by atoms with van der Waals surface area (Å²) in [5, 5.41) is 3.80. The number of anilines is 1. The summed E-state index contributed by atoms with van der Waals surface area (Å²) in [7, 11) is 1.64. The van der Waals surface area contributed by atoms with Crippen molar-refractivity contribution in [2.24, 2.45) is 0 Å². The molecule has 0 radical (unpaired) electrons. The molecule has 4 heteroatoms. The Balaban J connectivity index is 1.70. The largest absolute Gasteiger partial charge is 0.496 e. The van der Waals surface area contributed by atoms with Gasteiger partial charge in [0.1, 0.15) is 5.75 Å². The quantitative estimate of drug-likeness (QED) is 0.519. The molecule has 0 saturated heterocycles. The highest BCUT2D eigenvalue weighted by atomic mass is 16.5. The van der Waals surface area contributed by atoms with Crippen LogP contribution < -0.4 is 10.1 Å². The molecular weight excluding hydrogens is 348 g/mol. The number of benzene rings is 3. The van der Waals surface area contributed by atoms with Crippen molar-refractivity contribution in [2.45, 2.75) is 6.92 Å². The summed E-state index contributed by atoms with van der Waals surface area (Å²) in [4.78, 5) is 17.3. The zero-order valence-corrected chi connectivity index (χ0v) is 15.8. The van der Waals surface area contributed by atoms with Crippen LogP contribution in [0, 0.1) is 6.92 Å². The molecule has 0 bridgehead atoms. The third-order valence-corrected chi connectivity index (χ3v) is 4.60. The summed E-state index contributed by atoms with van der Waals surface area (Å²) in [6.07, 6.45) is 0. The molecule has 0 aliphatic carbocycles. The first-order valence-electron chi connectivity index (χ1n) is 9.06. The Morgan fingerprint density at radius 3 is 2.50 bits per heavy atom. The smallest absolute Gasteiger partial charge is 0.255 e. The van der Waals surface area contributed by atoms with Gasteiger partial charge < -0.3 is 10.1 Å². The second-order valence-corrected chi connectivity index (χ2v) is 6.63. The third kappa shape index (κ3) is 3.58. The van der Waals surface area contributed by atoms with Gasteiger partial charge in [0.2, 0.25) is 0 Å². The summed E-state index contributed by atoms with van der Waals surface area (Å²) >= 11 is 0. The maximum atomic E-state index is 12.5. The average molecular weight is 368 g/mol. The Labute approximate surface area is 163 Å². The van der Waals surface area contributed by atoms with Gasteiger partial charge in [-0.1, -0.05) is 48.0 Å². The van der Waals surface area contributed by atoms with Crippen LogP contribution in [0.2, 0.25) is 0 Å². The monoisotopic (exact) mass is 368 g/mol. The van der Waals surface area contributed by atoms with Gasteiger partial charge in [-0.3, -0.25) is 4.79 Å². The molecule has 1 N–H and O–H groups in total. The minimum atomic E-state index is -0.143. The molecular formula is C24H20N2O2. The van der Waals surface area contributed by atoms with Crippen molar-refractivity contribution < 1.29 is 9.53 Å². The van der Waals surface area contributed by atoms with Crippen LogP contribution in [-0.2, 0) is 0 Å². The topological polar surface area (TPSA) is 51.2 Å². The SMILES string of the molecule is COc1cc(-c2ccccc2)nc2ccc(NC(=O)c3cccc(C)c3)cc12. The number of hydrogen-bond acceptors (Lipinski definition) is 3. The van der Waals surface area contributed by atoms with E-state index in [0.717, 1.165) is 33.5 Å². The Bertz CT molecular complexity index is 1150. The maximum absolute atomic E-state index is 12.5. The van der Waals surface area contributed by atoms with Crippen molar-refractivity contribution in [3.05, 3.63) is 90.0 Å². The molecule has 4 aromatic rings. The van der Waals surface area contributed by atoms with Crippen molar-refractivity contribution >= 4 is 22.5 Å². The van der Waals surface area contributed by atoms with E-state index in [9.17, 15) is 4.79 Å². The Kier molecular flexibility index (Phi) is 4.77. The van der Waals surface area contributed by atoms with Gasteiger partial charge in [-0.15, -0.1) is 0 Å². The van der Waals surface area contributed by atoms with Crippen LogP contribution in [0.5, 0.6) is 5.75 Å². The van der Waals surface area contributed by atoms with Gasteiger partial charge >= 0.3 is 0 Å². The molecule has 1 amide bonds. The van der Waals surface area contributed by atoms with Crippen molar-refractivity contribution in [1.82, 2.24) is 4.98 Å². The summed E-state index contributed by atoms with van der Waals surface area (Å²) < 4.78 is 5.60. The van der Waals surface area contributed by atoms with E-state index >= 15 is 0 Å². The predicted octanol–water partition coefficient (Wildman–Crippen LogP) is 5.47. The van der Waals surface area contributed by atoms with Crippen LogP contribution in [0.15, 0.2) is 78.9 Å². The molecule has 1 aromatic heterocycles. The van der Waals surface area contributed by atoms with Gasteiger partial charge in [0.25, 0.3) is 5.91 Å². The number of carbonyl (C=O) groups excluding carboxylic acids is 1. The molecule has 0 atom stereocenters. The van der Waals surface area contributed by atoms with Crippen LogP contribution in [0.3, 0.4) is 0 Å². The van der Waals surface area contributed by atoms with Crippen molar-refractivity contribution in [1.29, 1.82) is 0 Å². The lowest BCUT2D eigenvalue weighted by Crippen LogP contribution is -2.11. The van der Waals surface area contributed by atoms with Crippen molar-refractivity contribution in [3.8, 4) is 17.0 Å². The number of hydrogen-bond donors (Lipinski definition) is 1. The Hall–Kier alpha value is -3.66. The molecule has 1 heterocycles. The highest BCUT2D eigenvalue weighted by Crippen LogP contribution is 2.31. The van der Waals surface area contributed by atoms with Gasteiger partial charge in [-0.25, -0.2) is 4.98 Å². The first-order chi connectivity index (χ1) is 13.6. The third-order valence-electron chi connectivity index (χ3n) is 4.60. The number of carbonyl (C=O) groups is 1. The number of aromatic nitrogens is 1.